The largest absolute Gasteiger partial charge is 0.442 e. The number of hydrogen-bond acceptors (Lipinski definition) is 5. The van der Waals surface area contributed by atoms with Crippen LogP contribution in [0.15, 0.2) is 48.7 Å². The summed E-state index contributed by atoms with van der Waals surface area (Å²) < 4.78 is 20.2. The second-order valence-corrected chi connectivity index (χ2v) is 8.23. The molecule has 2 heterocycles. The number of amides is 2. The number of halogens is 1. The number of ether oxygens (including phenoxy) is 1. The predicted molar refractivity (Wildman–Crippen MR) is 127 cm³/mol. The van der Waals surface area contributed by atoms with Crippen molar-refractivity contribution in [3.05, 3.63) is 71.6 Å². The Morgan fingerprint density at radius 1 is 1.24 bits per heavy atom. The number of nitrogens with zero attached hydrogens (tertiary/aromatic N) is 2. The summed E-state index contributed by atoms with van der Waals surface area (Å²) in [5.41, 5.74) is 3.75. The van der Waals surface area contributed by atoms with Crippen molar-refractivity contribution in [3.8, 4) is 11.1 Å². The summed E-state index contributed by atoms with van der Waals surface area (Å²) in [4.78, 5) is 32.2. The van der Waals surface area contributed by atoms with Crippen LogP contribution in [0.3, 0.4) is 0 Å². The molecule has 3 aromatic rings. The van der Waals surface area contributed by atoms with Gasteiger partial charge in [-0.3, -0.25) is 9.69 Å². The van der Waals surface area contributed by atoms with Crippen molar-refractivity contribution in [2.75, 3.05) is 18.0 Å². The molecule has 1 fully saturated rings. The van der Waals surface area contributed by atoms with Gasteiger partial charge in [0, 0.05) is 43.9 Å². The lowest BCUT2D eigenvalue weighted by molar-refractivity contribution is -0.119. The van der Waals surface area contributed by atoms with Gasteiger partial charge in [0.2, 0.25) is 5.91 Å². The molecule has 8 nitrogen and oxygen atoms in total. The first kappa shape index (κ1) is 23.4. The molecule has 0 saturated carbocycles. The van der Waals surface area contributed by atoms with Gasteiger partial charge in [-0.2, -0.15) is 0 Å². The summed E-state index contributed by atoms with van der Waals surface area (Å²) >= 11 is 0. The van der Waals surface area contributed by atoms with Gasteiger partial charge in [-0.1, -0.05) is 31.2 Å². The van der Waals surface area contributed by atoms with Gasteiger partial charge in [0.25, 0.3) is 0 Å². The third-order valence-electron chi connectivity index (χ3n) is 5.64. The van der Waals surface area contributed by atoms with Crippen LogP contribution in [-0.4, -0.2) is 41.2 Å². The normalized spacial score (nSPS) is 15.4. The molecule has 1 aliphatic rings. The minimum absolute atomic E-state index is 0.199. The average Bonchev–Trinajstić information content (AvgIpc) is 3.44. The van der Waals surface area contributed by atoms with Gasteiger partial charge in [-0.25, -0.2) is 14.2 Å². The lowest BCUT2D eigenvalue weighted by atomic mass is 10.0. The fourth-order valence-corrected chi connectivity index (χ4v) is 3.82. The number of carbonyl (C=O) groups excluding carboxylic acids is 2. The van der Waals surface area contributed by atoms with E-state index in [-0.39, 0.29) is 19.0 Å². The fraction of sp³-hybridized carbons (Fsp3) is 0.320. The van der Waals surface area contributed by atoms with E-state index < -0.39 is 18.0 Å². The van der Waals surface area contributed by atoms with E-state index in [9.17, 15) is 14.0 Å². The van der Waals surface area contributed by atoms with Crippen molar-refractivity contribution in [2.24, 2.45) is 0 Å². The third kappa shape index (κ3) is 5.60. The molecule has 0 aliphatic carbocycles. The molecule has 178 valence electrons. The monoisotopic (exact) mass is 465 g/mol. The zero-order valence-corrected chi connectivity index (χ0v) is 19.2. The van der Waals surface area contributed by atoms with E-state index in [1.165, 1.54) is 17.9 Å². The molecule has 0 spiro atoms. The zero-order chi connectivity index (χ0) is 24.1. The number of carbonyl (C=O) groups is 2. The Hall–Kier alpha value is -3.72. The topological polar surface area (TPSA) is 99.3 Å². The van der Waals surface area contributed by atoms with Crippen LogP contribution < -0.4 is 15.5 Å². The maximum atomic E-state index is 14.9. The standard InChI is InChI=1S/C25H28FN5O3/c1-3-24-29-13-19(30-24)12-27-11-17-4-6-18(7-5-17)22-9-8-20(10-23(22)26)31-15-21(34-25(31)33)14-28-16(2)32/h4-10,13,21,27H,3,11-12,14-15H2,1-2H3,(H,28,32)(H,29,30)/t21-/m0/s1. The highest BCUT2D eigenvalue weighted by atomic mass is 19.1. The lowest BCUT2D eigenvalue weighted by Crippen LogP contribution is -2.33. The number of rotatable bonds is 9. The summed E-state index contributed by atoms with van der Waals surface area (Å²) in [6.45, 7) is 5.29. The van der Waals surface area contributed by atoms with Crippen molar-refractivity contribution in [1.29, 1.82) is 0 Å². The van der Waals surface area contributed by atoms with E-state index in [1.54, 1.807) is 12.1 Å². The van der Waals surface area contributed by atoms with Crippen LogP contribution in [0.5, 0.6) is 0 Å². The van der Waals surface area contributed by atoms with Crippen LogP contribution in [0.4, 0.5) is 14.9 Å². The van der Waals surface area contributed by atoms with Crippen molar-refractivity contribution < 1.29 is 18.7 Å². The molecule has 3 N–H and O–H groups in total. The first-order chi connectivity index (χ1) is 16.4. The molecule has 4 rings (SSSR count). The Kier molecular flexibility index (Phi) is 7.22. The third-order valence-corrected chi connectivity index (χ3v) is 5.64. The van der Waals surface area contributed by atoms with Crippen LogP contribution >= 0.6 is 0 Å². The number of aromatic nitrogens is 2. The fourth-order valence-electron chi connectivity index (χ4n) is 3.82. The van der Waals surface area contributed by atoms with Crippen LogP contribution in [0.25, 0.3) is 11.1 Å². The van der Waals surface area contributed by atoms with E-state index in [0.717, 1.165) is 29.1 Å². The smallest absolute Gasteiger partial charge is 0.414 e. The number of benzene rings is 2. The van der Waals surface area contributed by atoms with Gasteiger partial charge in [-0.05, 0) is 29.3 Å². The summed E-state index contributed by atoms with van der Waals surface area (Å²) in [5.74, 6) is 0.350. The molecule has 2 aromatic carbocycles. The molecular formula is C25H28FN5O3. The number of anilines is 1. The summed E-state index contributed by atoms with van der Waals surface area (Å²) in [6, 6.07) is 12.4. The predicted octanol–water partition coefficient (Wildman–Crippen LogP) is 3.53. The van der Waals surface area contributed by atoms with E-state index in [2.05, 4.69) is 27.5 Å². The molecule has 2 amide bonds. The highest BCUT2D eigenvalue weighted by Gasteiger charge is 2.32. The van der Waals surface area contributed by atoms with Crippen LogP contribution in [0.1, 0.15) is 30.9 Å². The summed E-state index contributed by atoms with van der Waals surface area (Å²) in [6.07, 6.45) is 1.69. The van der Waals surface area contributed by atoms with Crippen molar-refractivity contribution in [1.82, 2.24) is 20.6 Å². The maximum absolute atomic E-state index is 14.9. The molecule has 1 saturated heterocycles. The van der Waals surface area contributed by atoms with Crippen molar-refractivity contribution in [3.63, 3.8) is 0 Å². The molecule has 34 heavy (non-hydrogen) atoms. The highest BCUT2D eigenvalue weighted by molar-refractivity contribution is 5.90. The SMILES string of the molecule is CCc1ncc(CNCc2ccc(-c3ccc(N4C[C@H](CNC(C)=O)OC4=O)cc3F)cc2)[nH]1. The minimum atomic E-state index is -0.555. The molecule has 0 radical (unpaired) electrons. The Morgan fingerprint density at radius 3 is 2.71 bits per heavy atom. The number of nitrogens with one attached hydrogen (secondary N) is 3. The van der Waals surface area contributed by atoms with E-state index in [0.29, 0.717) is 24.3 Å². The van der Waals surface area contributed by atoms with Gasteiger partial charge in [-0.15, -0.1) is 0 Å². The Morgan fingerprint density at radius 2 is 2.03 bits per heavy atom. The van der Waals surface area contributed by atoms with E-state index in [4.69, 9.17) is 4.74 Å². The van der Waals surface area contributed by atoms with Crippen molar-refractivity contribution in [2.45, 2.75) is 39.5 Å². The molecule has 1 aromatic heterocycles. The van der Waals surface area contributed by atoms with Crippen LogP contribution in [0.2, 0.25) is 0 Å². The average molecular weight is 466 g/mol. The zero-order valence-electron chi connectivity index (χ0n) is 19.2. The van der Waals surface area contributed by atoms with Crippen LogP contribution in [-0.2, 0) is 29.0 Å². The maximum Gasteiger partial charge on any atom is 0.414 e. The second-order valence-electron chi connectivity index (χ2n) is 8.23. The van der Waals surface area contributed by atoms with Gasteiger partial charge < -0.3 is 20.4 Å². The van der Waals surface area contributed by atoms with E-state index >= 15 is 0 Å². The second kappa shape index (κ2) is 10.5. The molecular weight excluding hydrogens is 437 g/mol. The van der Waals surface area contributed by atoms with Gasteiger partial charge in [0.15, 0.2) is 0 Å². The lowest BCUT2D eigenvalue weighted by Gasteiger charge is -2.15. The summed E-state index contributed by atoms with van der Waals surface area (Å²) in [5, 5.41) is 5.99. The molecule has 1 atom stereocenters. The van der Waals surface area contributed by atoms with Gasteiger partial charge in [0.1, 0.15) is 17.7 Å². The number of aromatic amines is 1. The quantitative estimate of drug-likeness (QED) is 0.449. The Bertz CT molecular complexity index is 1160. The molecule has 0 unspecified atom stereocenters. The number of imidazole rings is 1. The molecule has 0 bridgehead atoms. The number of hydrogen-bond donors (Lipinski definition) is 3. The first-order valence-corrected chi connectivity index (χ1v) is 11.3. The number of aryl methyl sites for hydroxylation is 1. The summed E-state index contributed by atoms with van der Waals surface area (Å²) in [7, 11) is 0. The first-order valence-electron chi connectivity index (χ1n) is 11.3. The minimum Gasteiger partial charge on any atom is -0.442 e. The molecule has 1 aliphatic heterocycles. The Labute approximate surface area is 197 Å². The van der Waals surface area contributed by atoms with Crippen LogP contribution in [0, 0.1) is 5.82 Å². The molecule has 9 heteroatoms. The van der Waals surface area contributed by atoms with Gasteiger partial charge in [0.05, 0.1) is 18.8 Å². The number of cyclic esters (lactones) is 1. The van der Waals surface area contributed by atoms with Gasteiger partial charge >= 0.3 is 6.09 Å². The van der Waals surface area contributed by atoms with Crippen molar-refractivity contribution >= 4 is 17.7 Å². The van der Waals surface area contributed by atoms with E-state index in [1.807, 2.05) is 30.5 Å². The highest BCUT2D eigenvalue weighted by Crippen LogP contribution is 2.29. The Balaban J connectivity index is 1.36. The number of H-pyrrole nitrogens is 1.